The topological polar surface area (TPSA) is 48.9 Å². The van der Waals surface area contributed by atoms with Crippen LogP contribution in [0.25, 0.3) is 0 Å². The molecule has 0 unspecified atom stereocenters. The van der Waals surface area contributed by atoms with E-state index in [1.165, 1.54) is 16.7 Å². The Kier molecular flexibility index (Phi) is 10.0. The van der Waals surface area contributed by atoms with Gasteiger partial charge in [-0.3, -0.25) is 4.99 Å². The molecule has 0 saturated carbocycles. The van der Waals surface area contributed by atoms with Crippen LogP contribution in [-0.2, 0) is 19.6 Å². The van der Waals surface area contributed by atoms with Crippen LogP contribution in [-0.4, -0.2) is 39.1 Å². The molecule has 0 spiro atoms. The van der Waals surface area contributed by atoms with E-state index in [9.17, 15) is 0 Å². The molecule has 0 radical (unpaired) electrons. The maximum Gasteiger partial charge on any atom is 0.191 e. The van der Waals surface area contributed by atoms with Gasteiger partial charge in [-0.25, -0.2) is 0 Å². The predicted octanol–water partition coefficient (Wildman–Crippen LogP) is 3.24. The molecule has 0 aliphatic rings. The second kappa shape index (κ2) is 11.7. The first-order valence-electron chi connectivity index (χ1n) is 8.40. The minimum absolute atomic E-state index is 0. The maximum absolute atomic E-state index is 5.17. The van der Waals surface area contributed by atoms with E-state index >= 15 is 0 Å². The van der Waals surface area contributed by atoms with E-state index in [0.29, 0.717) is 6.54 Å². The molecule has 26 heavy (non-hydrogen) atoms. The number of guanidine groups is 1. The van der Waals surface area contributed by atoms with Crippen molar-refractivity contribution in [2.45, 2.75) is 19.6 Å². The van der Waals surface area contributed by atoms with Gasteiger partial charge in [0.05, 0.1) is 7.11 Å². The summed E-state index contributed by atoms with van der Waals surface area (Å²) in [4.78, 5) is 6.44. The van der Waals surface area contributed by atoms with Gasteiger partial charge < -0.3 is 20.3 Å². The molecule has 0 aliphatic heterocycles. The Morgan fingerprint density at radius 2 is 1.35 bits per heavy atom. The summed E-state index contributed by atoms with van der Waals surface area (Å²) in [7, 11) is 7.61. The Balaban J connectivity index is 0.00000338. The van der Waals surface area contributed by atoms with Crippen LogP contribution in [0.2, 0.25) is 0 Å². The van der Waals surface area contributed by atoms with Crippen molar-refractivity contribution in [2.24, 2.45) is 4.99 Å². The minimum atomic E-state index is 0. The quantitative estimate of drug-likeness (QED) is 0.372. The summed E-state index contributed by atoms with van der Waals surface area (Å²) < 4.78 is 5.17. The Hall–Kier alpha value is -1.80. The smallest absolute Gasteiger partial charge is 0.191 e. The van der Waals surface area contributed by atoms with E-state index < -0.39 is 0 Å². The van der Waals surface area contributed by atoms with Crippen molar-refractivity contribution in [3.8, 4) is 5.75 Å². The first-order chi connectivity index (χ1) is 12.1. The number of aliphatic imine (C=N–C) groups is 1. The molecule has 0 aromatic heterocycles. The SMILES string of the molecule is CN=C(NCc1ccc(CN(C)C)cc1)NCc1ccc(OC)cc1.I. The summed E-state index contributed by atoms with van der Waals surface area (Å²) in [5.41, 5.74) is 3.72. The zero-order valence-corrected chi connectivity index (χ0v) is 18.3. The van der Waals surface area contributed by atoms with Crippen molar-refractivity contribution in [1.29, 1.82) is 0 Å². The molecule has 0 bridgehead atoms. The van der Waals surface area contributed by atoms with E-state index in [-0.39, 0.29) is 24.0 Å². The summed E-state index contributed by atoms with van der Waals surface area (Å²) >= 11 is 0. The number of ether oxygens (including phenoxy) is 1. The van der Waals surface area contributed by atoms with Gasteiger partial charge in [0.15, 0.2) is 5.96 Å². The number of nitrogens with zero attached hydrogens (tertiary/aromatic N) is 2. The summed E-state index contributed by atoms with van der Waals surface area (Å²) in [5.74, 6) is 1.65. The van der Waals surface area contributed by atoms with Crippen LogP contribution in [0.5, 0.6) is 5.75 Å². The monoisotopic (exact) mass is 468 g/mol. The van der Waals surface area contributed by atoms with E-state index in [0.717, 1.165) is 24.8 Å². The van der Waals surface area contributed by atoms with Gasteiger partial charge in [-0.1, -0.05) is 36.4 Å². The number of benzene rings is 2. The van der Waals surface area contributed by atoms with Crippen molar-refractivity contribution >= 4 is 29.9 Å². The second-order valence-corrected chi connectivity index (χ2v) is 6.18. The standard InChI is InChI=1S/C20H28N4O.HI/c1-21-20(23-14-17-9-11-19(25-4)12-10-17)22-13-16-5-7-18(8-6-16)15-24(2)3;/h5-12H,13-15H2,1-4H3,(H2,21,22,23);1H. The third-order valence-electron chi connectivity index (χ3n) is 3.82. The molecule has 6 heteroatoms. The zero-order valence-electron chi connectivity index (χ0n) is 16.0. The summed E-state index contributed by atoms with van der Waals surface area (Å²) in [6, 6.07) is 16.7. The second-order valence-electron chi connectivity index (χ2n) is 6.18. The van der Waals surface area contributed by atoms with Gasteiger partial charge in [-0.05, 0) is 42.9 Å². The first kappa shape index (κ1) is 22.2. The average molecular weight is 468 g/mol. The molecule has 0 atom stereocenters. The highest BCUT2D eigenvalue weighted by molar-refractivity contribution is 14.0. The Morgan fingerprint density at radius 3 is 1.77 bits per heavy atom. The zero-order chi connectivity index (χ0) is 18.1. The summed E-state index contributed by atoms with van der Waals surface area (Å²) in [5, 5.41) is 6.66. The number of hydrogen-bond acceptors (Lipinski definition) is 3. The molecule has 142 valence electrons. The lowest BCUT2D eigenvalue weighted by molar-refractivity contribution is 0.402. The van der Waals surface area contributed by atoms with Crippen LogP contribution >= 0.6 is 24.0 Å². The molecular weight excluding hydrogens is 439 g/mol. The highest BCUT2D eigenvalue weighted by Crippen LogP contribution is 2.11. The third-order valence-corrected chi connectivity index (χ3v) is 3.82. The number of rotatable bonds is 7. The summed E-state index contributed by atoms with van der Waals surface area (Å²) in [6.45, 7) is 2.41. The number of halogens is 1. The van der Waals surface area contributed by atoms with E-state index in [4.69, 9.17) is 4.74 Å². The van der Waals surface area contributed by atoms with Crippen molar-refractivity contribution in [2.75, 3.05) is 28.3 Å². The fourth-order valence-corrected chi connectivity index (χ4v) is 2.46. The van der Waals surface area contributed by atoms with E-state index in [1.807, 2.05) is 24.3 Å². The molecule has 0 aliphatic carbocycles. The maximum atomic E-state index is 5.17. The fourth-order valence-electron chi connectivity index (χ4n) is 2.46. The van der Waals surface area contributed by atoms with Gasteiger partial charge >= 0.3 is 0 Å². The van der Waals surface area contributed by atoms with Crippen LogP contribution in [0, 0.1) is 0 Å². The van der Waals surface area contributed by atoms with Crippen LogP contribution in [0.3, 0.4) is 0 Å². The van der Waals surface area contributed by atoms with Gasteiger partial charge in [0, 0.05) is 26.7 Å². The number of hydrogen-bond donors (Lipinski definition) is 2. The van der Waals surface area contributed by atoms with Crippen LogP contribution in [0.15, 0.2) is 53.5 Å². The largest absolute Gasteiger partial charge is 0.497 e. The molecule has 2 aromatic rings. The lowest BCUT2D eigenvalue weighted by Gasteiger charge is -2.13. The van der Waals surface area contributed by atoms with E-state index in [1.54, 1.807) is 14.2 Å². The predicted molar refractivity (Wildman–Crippen MR) is 119 cm³/mol. The molecule has 0 amide bonds. The van der Waals surface area contributed by atoms with Gasteiger partial charge in [0.1, 0.15) is 5.75 Å². The van der Waals surface area contributed by atoms with Gasteiger partial charge in [0.2, 0.25) is 0 Å². The van der Waals surface area contributed by atoms with Crippen molar-refractivity contribution in [3.63, 3.8) is 0 Å². The Bertz CT molecular complexity index is 669. The van der Waals surface area contributed by atoms with Crippen LogP contribution in [0.4, 0.5) is 0 Å². The normalized spacial score (nSPS) is 11.0. The van der Waals surface area contributed by atoms with Gasteiger partial charge in [-0.2, -0.15) is 0 Å². The fraction of sp³-hybridized carbons (Fsp3) is 0.350. The van der Waals surface area contributed by atoms with Crippen molar-refractivity contribution < 1.29 is 4.74 Å². The molecule has 2 aromatic carbocycles. The first-order valence-corrected chi connectivity index (χ1v) is 8.40. The Labute approximate surface area is 173 Å². The van der Waals surface area contributed by atoms with Gasteiger partial charge in [-0.15, -0.1) is 24.0 Å². The molecular formula is C20H29IN4O. The molecule has 0 saturated heterocycles. The Morgan fingerprint density at radius 1 is 0.885 bits per heavy atom. The van der Waals surface area contributed by atoms with Crippen molar-refractivity contribution in [1.82, 2.24) is 15.5 Å². The van der Waals surface area contributed by atoms with Gasteiger partial charge in [0.25, 0.3) is 0 Å². The molecule has 0 heterocycles. The number of nitrogens with one attached hydrogen (secondary N) is 2. The minimum Gasteiger partial charge on any atom is -0.497 e. The lowest BCUT2D eigenvalue weighted by atomic mass is 10.1. The van der Waals surface area contributed by atoms with Crippen molar-refractivity contribution in [3.05, 3.63) is 65.2 Å². The third kappa shape index (κ3) is 7.61. The molecule has 2 N–H and O–H groups in total. The molecule has 0 fully saturated rings. The number of methoxy groups -OCH3 is 1. The molecule has 5 nitrogen and oxygen atoms in total. The van der Waals surface area contributed by atoms with E-state index in [2.05, 4.69) is 58.9 Å². The summed E-state index contributed by atoms with van der Waals surface area (Å²) in [6.07, 6.45) is 0. The highest BCUT2D eigenvalue weighted by Gasteiger charge is 2.01. The average Bonchev–Trinajstić information content (AvgIpc) is 2.63. The van der Waals surface area contributed by atoms with Crippen LogP contribution in [0.1, 0.15) is 16.7 Å². The highest BCUT2D eigenvalue weighted by atomic mass is 127. The van der Waals surface area contributed by atoms with Crippen LogP contribution < -0.4 is 15.4 Å². The molecule has 2 rings (SSSR count). The lowest BCUT2D eigenvalue weighted by Crippen LogP contribution is -2.36.